The van der Waals surface area contributed by atoms with Crippen LogP contribution in [0.2, 0.25) is 0 Å². The highest BCUT2D eigenvalue weighted by atomic mass is 14.8. The minimum Gasteiger partial charge on any atom is -0.355 e. The monoisotopic (exact) mass is 366 g/mol. The Morgan fingerprint density at radius 1 is 0.643 bits per heavy atom. The highest BCUT2D eigenvalue weighted by Crippen LogP contribution is 2.29. The molecule has 28 heavy (non-hydrogen) atoms. The summed E-state index contributed by atoms with van der Waals surface area (Å²) in [5, 5.41) is 0. The fraction of sp³-hybridized carbons (Fsp3) is 0.167. The number of hydrogen-bond donors (Lipinski definition) is 2. The predicted octanol–water partition coefficient (Wildman–Crippen LogP) is 6.07. The average Bonchev–Trinajstić information content (AvgIpc) is 3.49. The molecule has 3 aromatic heterocycles. The van der Waals surface area contributed by atoms with Crippen LogP contribution in [-0.4, -0.2) is 21.2 Å². The van der Waals surface area contributed by atoms with Crippen LogP contribution in [0.25, 0.3) is 34.2 Å². The van der Waals surface area contributed by atoms with E-state index in [4.69, 9.17) is 4.98 Å². The number of aliphatic imine (C=N–C) groups is 1. The van der Waals surface area contributed by atoms with Crippen LogP contribution >= 0.6 is 0 Å². The number of H-pyrrole nitrogens is 2. The largest absolute Gasteiger partial charge is 0.355 e. The summed E-state index contributed by atoms with van der Waals surface area (Å²) in [6, 6.07) is 10.7. The van der Waals surface area contributed by atoms with Gasteiger partial charge in [-0.3, -0.25) is 4.99 Å². The van der Waals surface area contributed by atoms with Gasteiger partial charge in [-0.15, -0.1) is 0 Å². The number of nitrogens with zero attached hydrogens (tertiary/aromatic N) is 2. The summed E-state index contributed by atoms with van der Waals surface area (Å²) >= 11 is 0. The van der Waals surface area contributed by atoms with Crippen molar-refractivity contribution >= 4 is 46.1 Å². The van der Waals surface area contributed by atoms with Crippen LogP contribution in [-0.2, 0) is 0 Å². The van der Waals surface area contributed by atoms with Gasteiger partial charge in [0, 0.05) is 33.8 Å². The van der Waals surface area contributed by atoms with E-state index in [9.17, 15) is 0 Å². The van der Waals surface area contributed by atoms with Crippen LogP contribution in [0.5, 0.6) is 0 Å². The summed E-state index contributed by atoms with van der Waals surface area (Å²) in [6.07, 6.45) is 6.11. The van der Waals surface area contributed by atoms with E-state index < -0.39 is 0 Å². The smallest absolute Gasteiger partial charge is 0.0688 e. The lowest BCUT2D eigenvalue weighted by Gasteiger charge is -1.97. The van der Waals surface area contributed by atoms with Gasteiger partial charge in [0.1, 0.15) is 0 Å². The van der Waals surface area contributed by atoms with Crippen molar-refractivity contribution in [2.24, 2.45) is 4.99 Å². The molecule has 2 N–H and O–H groups in total. The van der Waals surface area contributed by atoms with Gasteiger partial charge in [-0.1, -0.05) is 0 Å². The molecule has 4 nitrogen and oxygen atoms in total. The second-order valence-corrected chi connectivity index (χ2v) is 7.53. The molecule has 0 spiro atoms. The van der Waals surface area contributed by atoms with Crippen molar-refractivity contribution in [3.8, 4) is 0 Å². The second kappa shape index (κ2) is 6.06. The lowest BCUT2D eigenvalue weighted by molar-refractivity contribution is 1.24. The molecule has 0 fully saturated rings. The van der Waals surface area contributed by atoms with Crippen LogP contribution < -0.4 is 0 Å². The zero-order chi connectivity index (χ0) is 19.4. The summed E-state index contributed by atoms with van der Waals surface area (Å²) in [6.45, 7) is 8.47. The average molecular weight is 366 g/mol. The van der Waals surface area contributed by atoms with E-state index in [0.717, 1.165) is 55.8 Å². The lowest BCUT2D eigenvalue weighted by Crippen LogP contribution is -1.84. The molecular weight excluding hydrogens is 344 g/mol. The molecule has 8 bridgehead atoms. The van der Waals surface area contributed by atoms with Crippen LogP contribution in [0.3, 0.4) is 0 Å². The van der Waals surface area contributed by atoms with Crippen LogP contribution in [0.1, 0.15) is 39.2 Å². The molecule has 0 aromatic carbocycles. The maximum Gasteiger partial charge on any atom is 0.0688 e. The van der Waals surface area contributed by atoms with Crippen molar-refractivity contribution < 1.29 is 0 Å². The molecule has 0 unspecified atom stereocenters. The fourth-order valence-corrected chi connectivity index (χ4v) is 3.79. The molecule has 3 aromatic rings. The van der Waals surface area contributed by atoms with E-state index in [1.54, 1.807) is 0 Å². The first kappa shape index (κ1) is 16.8. The van der Waals surface area contributed by atoms with Crippen molar-refractivity contribution in [2.45, 2.75) is 27.7 Å². The molecule has 5 rings (SSSR count). The second-order valence-electron chi connectivity index (χ2n) is 7.53. The fourth-order valence-electron chi connectivity index (χ4n) is 3.79. The van der Waals surface area contributed by atoms with Crippen LogP contribution in [0.4, 0.5) is 5.69 Å². The van der Waals surface area contributed by atoms with Gasteiger partial charge in [-0.05, 0) is 92.4 Å². The molecular formula is C24H22N4. The van der Waals surface area contributed by atoms with E-state index in [1.807, 2.05) is 6.21 Å². The van der Waals surface area contributed by atoms with E-state index >= 15 is 0 Å². The Kier molecular flexibility index (Phi) is 3.63. The number of rotatable bonds is 0. The number of aromatic nitrogens is 3. The maximum atomic E-state index is 4.86. The maximum absolute atomic E-state index is 4.86. The SMILES string of the molecule is Cc1c2cc(c(C)c3ccc([nH]3)c(C)c3ccc([nH]3)c(C)c3nc1C=C3)C=N2. The third kappa shape index (κ3) is 2.53. The zero-order valence-corrected chi connectivity index (χ0v) is 16.5. The Hall–Kier alpha value is -3.40. The highest BCUT2D eigenvalue weighted by molar-refractivity contribution is 5.92. The molecule has 2 aliphatic heterocycles. The minimum absolute atomic E-state index is 0.973. The van der Waals surface area contributed by atoms with Gasteiger partial charge in [0.05, 0.1) is 17.1 Å². The molecule has 5 heterocycles. The molecule has 4 heteroatoms. The van der Waals surface area contributed by atoms with Gasteiger partial charge in [0.25, 0.3) is 0 Å². The number of hydrogen-bond acceptors (Lipinski definition) is 2. The molecule has 0 atom stereocenters. The molecule has 0 saturated carbocycles. The molecule has 0 saturated heterocycles. The van der Waals surface area contributed by atoms with Gasteiger partial charge in [0.15, 0.2) is 0 Å². The number of aromatic amines is 2. The standard InChI is InChI=1S/C24H22N4/c1-13-17-11-24(25-12-17)16(4)23-10-9-22(28-23)15(3)21-8-7-20(27-21)14(2)19-6-5-18(13)26-19/h5-12,26-27H,1-4H3. The first-order valence-electron chi connectivity index (χ1n) is 9.53. The van der Waals surface area contributed by atoms with E-state index in [-0.39, 0.29) is 0 Å². The molecule has 0 radical (unpaired) electrons. The normalized spacial score (nSPS) is 12.7. The Morgan fingerprint density at radius 3 is 1.82 bits per heavy atom. The van der Waals surface area contributed by atoms with Gasteiger partial charge in [-0.2, -0.15) is 0 Å². The van der Waals surface area contributed by atoms with Crippen molar-refractivity contribution in [2.75, 3.05) is 0 Å². The summed E-state index contributed by atoms with van der Waals surface area (Å²) in [5.74, 6) is 0. The van der Waals surface area contributed by atoms with Crippen LogP contribution in [0, 0.1) is 27.7 Å². The molecule has 0 aliphatic carbocycles. The summed E-state index contributed by atoms with van der Waals surface area (Å²) in [7, 11) is 0. The van der Waals surface area contributed by atoms with E-state index in [2.05, 4.69) is 85.1 Å². The molecule has 2 aliphatic rings. The predicted molar refractivity (Wildman–Crippen MR) is 118 cm³/mol. The quantitative estimate of drug-likeness (QED) is 0.343. The highest BCUT2D eigenvalue weighted by Gasteiger charge is 2.11. The van der Waals surface area contributed by atoms with Gasteiger partial charge in [0.2, 0.25) is 0 Å². The first-order chi connectivity index (χ1) is 13.5. The van der Waals surface area contributed by atoms with Gasteiger partial charge >= 0.3 is 0 Å². The summed E-state index contributed by atoms with van der Waals surface area (Å²) < 4.78 is 0. The Labute approximate surface area is 163 Å². The van der Waals surface area contributed by atoms with Gasteiger partial charge < -0.3 is 9.97 Å². The topological polar surface area (TPSA) is 56.8 Å². The number of nitrogens with one attached hydrogen (secondary N) is 2. The Bertz CT molecular complexity index is 1250. The van der Waals surface area contributed by atoms with Crippen LogP contribution in [0.15, 0.2) is 35.3 Å². The van der Waals surface area contributed by atoms with Crippen molar-refractivity contribution in [1.29, 1.82) is 0 Å². The van der Waals surface area contributed by atoms with Crippen molar-refractivity contribution in [3.63, 3.8) is 0 Å². The third-order valence-corrected chi connectivity index (χ3v) is 5.85. The third-order valence-electron chi connectivity index (χ3n) is 5.85. The lowest BCUT2D eigenvalue weighted by atomic mass is 10.1. The first-order valence-corrected chi connectivity index (χ1v) is 9.53. The number of aryl methyl sites for hydroxylation is 3. The molecule has 138 valence electrons. The van der Waals surface area contributed by atoms with E-state index in [1.165, 1.54) is 11.1 Å². The zero-order valence-electron chi connectivity index (χ0n) is 16.5. The Morgan fingerprint density at radius 2 is 1.18 bits per heavy atom. The van der Waals surface area contributed by atoms with E-state index in [0.29, 0.717) is 0 Å². The number of fused-ring (bicyclic) bond motifs is 8. The summed E-state index contributed by atoms with van der Waals surface area (Å²) in [5.41, 5.74) is 13.1. The Balaban J connectivity index is 1.97. The van der Waals surface area contributed by atoms with Gasteiger partial charge in [-0.25, -0.2) is 4.98 Å². The van der Waals surface area contributed by atoms with Crippen molar-refractivity contribution in [3.05, 3.63) is 69.5 Å². The molecule has 0 amide bonds. The minimum atomic E-state index is 0.973. The van der Waals surface area contributed by atoms with Crippen molar-refractivity contribution in [1.82, 2.24) is 15.0 Å². The summed E-state index contributed by atoms with van der Waals surface area (Å²) in [4.78, 5) is 16.6.